The molecule has 3 atom stereocenters. The number of aromatic nitrogens is 1. The van der Waals surface area contributed by atoms with Crippen LogP contribution in [0.2, 0.25) is 0 Å². The van der Waals surface area contributed by atoms with Crippen LogP contribution >= 0.6 is 11.3 Å². The van der Waals surface area contributed by atoms with Crippen LogP contribution in [0, 0.1) is 18.3 Å². The minimum Gasteiger partial charge on any atom is -0.347 e. The Morgan fingerprint density at radius 1 is 1.14 bits per heavy atom. The molecule has 1 aliphatic heterocycles. The van der Waals surface area contributed by atoms with Gasteiger partial charge in [-0.1, -0.05) is 58.9 Å². The maximum atomic E-state index is 13.5. The van der Waals surface area contributed by atoms with E-state index in [1.165, 1.54) is 6.92 Å². The number of carbonyl (C=O) groups excluding carboxylic acids is 3. The van der Waals surface area contributed by atoms with E-state index in [-0.39, 0.29) is 23.8 Å². The third-order valence-electron chi connectivity index (χ3n) is 6.64. The van der Waals surface area contributed by atoms with E-state index >= 15 is 0 Å². The quantitative estimate of drug-likeness (QED) is 0.528. The molecule has 0 bridgehead atoms. The molecule has 2 aromatic rings. The maximum Gasteiger partial charge on any atom is 0.246 e. The lowest BCUT2D eigenvalue weighted by molar-refractivity contribution is -0.143. The van der Waals surface area contributed by atoms with E-state index in [0.29, 0.717) is 18.9 Å². The second kappa shape index (κ2) is 11.5. The summed E-state index contributed by atoms with van der Waals surface area (Å²) >= 11 is 1.62. The molecular formula is C28H40N4O3S. The molecule has 1 aromatic carbocycles. The first-order valence-electron chi connectivity index (χ1n) is 12.8. The van der Waals surface area contributed by atoms with Gasteiger partial charge in [0.1, 0.15) is 12.1 Å². The van der Waals surface area contributed by atoms with Crippen LogP contribution in [0.3, 0.4) is 0 Å². The minimum absolute atomic E-state index is 0.135. The van der Waals surface area contributed by atoms with Gasteiger partial charge in [0.05, 0.1) is 22.1 Å². The van der Waals surface area contributed by atoms with Gasteiger partial charge >= 0.3 is 0 Å². The Hall–Kier alpha value is -2.74. The van der Waals surface area contributed by atoms with Crippen molar-refractivity contribution in [2.24, 2.45) is 11.3 Å². The molecular weight excluding hydrogens is 472 g/mol. The van der Waals surface area contributed by atoms with Gasteiger partial charge in [0.2, 0.25) is 17.7 Å². The first-order valence-corrected chi connectivity index (χ1v) is 13.6. The smallest absolute Gasteiger partial charge is 0.246 e. The second-order valence-electron chi connectivity index (χ2n) is 11.3. The van der Waals surface area contributed by atoms with Crippen molar-refractivity contribution < 1.29 is 14.4 Å². The normalized spacial score (nSPS) is 17.7. The van der Waals surface area contributed by atoms with Gasteiger partial charge in [0.25, 0.3) is 0 Å². The van der Waals surface area contributed by atoms with E-state index < -0.39 is 17.5 Å². The molecule has 2 unspecified atom stereocenters. The zero-order valence-corrected chi connectivity index (χ0v) is 23.4. The van der Waals surface area contributed by atoms with Crippen molar-refractivity contribution in [3.05, 3.63) is 41.0 Å². The number of likely N-dealkylation sites (tertiary alicyclic amines) is 1. The predicted molar refractivity (Wildman–Crippen MR) is 144 cm³/mol. The van der Waals surface area contributed by atoms with Crippen LogP contribution in [0.25, 0.3) is 10.4 Å². The molecule has 196 valence electrons. The number of nitrogens with one attached hydrogen (secondary N) is 2. The number of nitrogens with zero attached hydrogens (tertiary/aromatic N) is 2. The van der Waals surface area contributed by atoms with E-state index in [9.17, 15) is 14.4 Å². The number of thiazole rings is 1. The van der Waals surface area contributed by atoms with Crippen LogP contribution in [-0.4, -0.2) is 46.2 Å². The molecule has 3 rings (SSSR count). The fourth-order valence-electron chi connectivity index (χ4n) is 4.78. The summed E-state index contributed by atoms with van der Waals surface area (Å²) in [5.41, 5.74) is 4.56. The molecule has 7 nitrogen and oxygen atoms in total. The van der Waals surface area contributed by atoms with Crippen molar-refractivity contribution in [2.45, 2.75) is 85.9 Å². The van der Waals surface area contributed by atoms with Gasteiger partial charge in [0, 0.05) is 13.5 Å². The largest absolute Gasteiger partial charge is 0.347 e. The maximum absolute atomic E-state index is 13.5. The number of amides is 3. The molecule has 1 fully saturated rings. The lowest BCUT2D eigenvalue weighted by Crippen LogP contribution is -2.57. The molecule has 8 heteroatoms. The SMILES string of the molecule is CC(=O)NC(C(=O)N1CCC[C@H]1C(=O)NC(CC(C)C)c1ccc(-c2scnc2C)cc1)C(C)(C)C. The third-order valence-corrected chi connectivity index (χ3v) is 7.62. The fraction of sp³-hybridized carbons (Fsp3) is 0.571. The Labute approximate surface area is 219 Å². The van der Waals surface area contributed by atoms with Crippen LogP contribution in [0.15, 0.2) is 29.8 Å². The summed E-state index contributed by atoms with van der Waals surface area (Å²) in [6, 6.07) is 6.95. The van der Waals surface area contributed by atoms with E-state index in [4.69, 9.17) is 0 Å². The number of rotatable bonds is 8. The zero-order valence-electron chi connectivity index (χ0n) is 22.6. The average molecular weight is 513 g/mol. The van der Waals surface area contributed by atoms with E-state index in [0.717, 1.165) is 34.5 Å². The highest BCUT2D eigenvalue weighted by atomic mass is 32.1. The monoisotopic (exact) mass is 512 g/mol. The molecule has 2 N–H and O–H groups in total. The molecule has 0 radical (unpaired) electrons. The van der Waals surface area contributed by atoms with Crippen LogP contribution in [-0.2, 0) is 14.4 Å². The first kappa shape index (κ1) is 27.8. The summed E-state index contributed by atoms with van der Waals surface area (Å²) in [6.07, 6.45) is 2.17. The molecule has 36 heavy (non-hydrogen) atoms. The van der Waals surface area contributed by atoms with Crippen molar-refractivity contribution in [3.63, 3.8) is 0 Å². The van der Waals surface area contributed by atoms with Gasteiger partial charge in [-0.05, 0) is 48.6 Å². The van der Waals surface area contributed by atoms with Crippen molar-refractivity contribution in [1.29, 1.82) is 0 Å². The zero-order chi connectivity index (χ0) is 26.6. The second-order valence-corrected chi connectivity index (χ2v) is 12.1. The van der Waals surface area contributed by atoms with E-state index in [1.54, 1.807) is 16.2 Å². The van der Waals surface area contributed by atoms with Gasteiger partial charge in [0.15, 0.2) is 0 Å². The molecule has 1 aromatic heterocycles. The highest BCUT2D eigenvalue weighted by molar-refractivity contribution is 7.13. The van der Waals surface area contributed by atoms with Crippen molar-refractivity contribution in [1.82, 2.24) is 20.5 Å². The van der Waals surface area contributed by atoms with E-state index in [2.05, 4.69) is 53.7 Å². The summed E-state index contributed by atoms with van der Waals surface area (Å²) in [4.78, 5) is 45.9. The van der Waals surface area contributed by atoms with Crippen molar-refractivity contribution >= 4 is 29.1 Å². The third kappa shape index (κ3) is 6.72. The lowest BCUT2D eigenvalue weighted by atomic mass is 9.85. The van der Waals surface area contributed by atoms with Crippen molar-refractivity contribution in [2.75, 3.05) is 6.54 Å². The molecule has 1 saturated heterocycles. The lowest BCUT2D eigenvalue weighted by Gasteiger charge is -2.35. The van der Waals surface area contributed by atoms with Crippen LogP contribution in [0.5, 0.6) is 0 Å². The summed E-state index contributed by atoms with van der Waals surface area (Å²) in [6.45, 7) is 14.0. The first-order chi connectivity index (χ1) is 16.9. The Morgan fingerprint density at radius 3 is 2.33 bits per heavy atom. The number of benzene rings is 1. The molecule has 0 spiro atoms. The molecule has 1 aliphatic rings. The molecule has 3 amide bonds. The van der Waals surface area contributed by atoms with Gasteiger partial charge < -0.3 is 15.5 Å². The topological polar surface area (TPSA) is 91.4 Å². The number of hydrogen-bond acceptors (Lipinski definition) is 5. The number of carbonyl (C=O) groups is 3. The van der Waals surface area contributed by atoms with Gasteiger partial charge in [-0.15, -0.1) is 11.3 Å². The summed E-state index contributed by atoms with van der Waals surface area (Å²) in [5.74, 6) is -0.202. The van der Waals surface area contributed by atoms with Crippen molar-refractivity contribution in [3.8, 4) is 10.4 Å². The van der Waals surface area contributed by atoms with Crippen LogP contribution in [0.4, 0.5) is 0 Å². The Bertz CT molecular complexity index is 1070. The molecule has 2 heterocycles. The van der Waals surface area contributed by atoms with Gasteiger partial charge in [-0.25, -0.2) is 4.98 Å². The van der Waals surface area contributed by atoms with Crippen LogP contribution < -0.4 is 10.6 Å². The molecule has 0 aliphatic carbocycles. The Balaban J connectivity index is 1.78. The van der Waals surface area contributed by atoms with Gasteiger partial charge in [-0.3, -0.25) is 14.4 Å². The Morgan fingerprint density at radius 2 is 1.81 bits per heavy atom. The number of hydrogen-bond donors (Lipinski definition) is 2. The predicted octanol–water partition coefficient (Wildman–Crippen LogP) is 4.86. The highest BCUT2D eigenvalue weighted by Gasteiger charge is 2.41. The highest BCUT2D eigenvalue weighted by Crippen LogP contribution is 2.31. The number of aryl methyl sites for hydroxylation is 1. The summed E-state index contributed by atoms with van der Waals surface area (Å²) in [7, 11) is 0. The summed E-state index contributed by atoms with van der Waals surface area (Å²) < 4.78 is 0. The molecule has 0 saturated carbocycles. The fourth-order valence-corrected chi connectivity index (χ4v) is 5.60. The minimum atomic E-state index is -0.683. The van der Waals surface area contributed by atoms with Gasteiger partial charge in [-0.2, -0.15) is 0 Å². The summed E-state index contributed by atoms with van der Waals surface area (Å²) in [5, 5.41) is 6.05. The Kier molecular flexibility index (Phi) is 8.93. The standard InChI is InChI=1S/C28H40N4O3S/c1-17(2)15-22(20-10-12-21(13-11-20)24-18(3)29-16-36-24)31-26(34)23-9-8-14-32(23)27(35)25(28(5,6)7)30-19(4)33/h10-13,16-17,22-23,25H,8-9,14-15H2,1-7H3,(H,30,33)(H,31,34)/t22?,23-,25?/m0/s1. The van der Waals surface area contributed by atoms with Crippen LogP contribution in [0.1, 0.15) is 78.1 Å². The average Bonchev–Trinajstić information content (AvgIpc) is 3.45. The van der Waals surface area contributed by atoms with E-state index in [1.807, 2.05) is 33.2 Å².